The van der Waals surface area contributed by atoms with Gasteiger partial charge in [0.2, 0.25) is 0 Å². The smallest absolute Gasteiger partial charge is 0.317 e. The van der Waals surface area contributed by atoms with Crippen LogP contribution in [0.25, 0.3) is 0 Å². The molecule has 1 saturated heterocycles. The van der Waals surface area contributed by atoms with E-state index >= 15 is 0 Å². The van der Waals surface area contributed by atoms with Crippen LogP contribution >= 0.6 is 21.6 Å². The van der Waals surface area contributed by atoms with Crippen molar-refractivity contribution in [1.82, 2.24) is 9.80 Å². The molecule has 0 spiro atoms. The molecule has 1 aliphatic heterocycles. The molecular formula is C25H42N2O8S2. The minimum atomic E-state index is -1.43. The number of aliphatic hydroxyl groups excluding tert-OH is 1. The molecule has 0 aromatic heterocycles. The summed E-state index contributed by atoms with van der Waals surface area (Å²) >= 11 is 0. The quantitative estimate of drug-likeness (QED) is 0.238. The van der Waals surface area contributed by atoms with Crippen LogP contribution in [-0.4, -0.2) is 108 Å². The van der Waals surface area contributed by atoms with Gasteiger partial charge >= 0.3 is 17.9 Å². The van der Waals surface area contributed by atoms with E-state index in [-0.39, 0.29) is 41.6 Å². The van der Waals surface area contributed by atoms with Crippen molar-refractivity contribution in [2.45, 2.75) is 99.5 Å². The number of aliphatic hydroxyl groups is 2. The van der Waals surface area contributed by atoms with Crippen molar-refractivity contribution in [3.63, 3.8) is 0 Å². The Bertz CT molecular complexity index is 773. The SMILES string of the molecule is O=C(O)CN1CCCCCCCN(CC(=O)O)C2CCC(C(O)O)CC2SSC2CC(C(=O)O)CCC21. The number of fused-ring (bicyclic) bond motifs is 2. The number of nitrogens with zero attached hydrogens (tertiary/aromatic N) is 2. The zero-order valence-electron chi connectivity index (χ0n) is 21.3. The molecule has 0 aromatic rings. The first-order valence-corrected chi connectivity index (χ1v) is 15.8. The number of aliphatic carboxylic acids is 3. The second-order valence-electron chi connectivity index (χ2n) is 10.7. The van der Waals surface area contributed by atoms with Crippen LogP contribution in [0.15, 0.2) is 0 Å². The Morgan fingerprint density at radius 1 is 0.703 bits per heavy atom. The van der Waals surface area contributed by atoms with Gasteiger partial charge in [-0.3, -0.25) is 24.2 Å². The second-order valence-corrected chi connectivity index (χ2v) is 13.5. The third-order valence-corrected chi connectivity index (χ3v) is 11.6. The predicted octanol–water partition coefficient (Wildman–Crippen LogP) is 2.58. The molecule has 0 bridgehead atoms. The Balaban J connectivity index is 1.87. The van der Waals surface area contributed by atoms with Crippen LogP contribution in [0.2, 0.25) is 0 Å². The van der Waals surface area contributed by atoms with Crippen molar-refractivity contribution in [3.8, 4) is 0 Å². The number of rotatable bonds is 6. The normalized spacial score (nSPS) is 33.5. The molecule has 0 radical (unpaired) electrons. The molecule has 0 aromatic carbocycles. The van der Waals surface area contributed by atoms with E-state index in [0.29, 0.717) is 51.6 Å². The highest BCUT2D eigenvalue weighted by molar-refractivity contribution is 8.77. The second kappa shape index (κ2) is 14.9. The molecule has 3 rings (SSSR count). The fraction of sp³-hybridized carbons (Fsp3) is 0.880. The summed E-state index contributed by atoms with van der Waals surface area (Å²) in [5.74, 6) is -3.34. The molecule has 2 saturated carbocycles. The molecule has 37 heavy (non-hydrogen) atoms. The van der Waals surface area contributed by atoms with Gasteiger partial charge in [-0.1, -0.05) is 40.9 Å². The van der Waals surface area contributed by atoms with Gasteiger partial charge in [0.1, 0.15) is 0 Å². The average molecular weight is 563 g/mol. The van der Waals surface area contributed by atoms with Gasteiger partial charge in [0.15, 0.2) is 6.29 Å². The summed E-state index contributed by atoms with van der Waals surface area (Å²) in [6, 6.07) is -0.0770. The molecule has 3 aliphatic rings. The van der Waals surface area contributed by atoms with Crippen molar-refractivity contribution in [1.29, 1.82) is 0 Å². The molecular weight excluding hydrogens is 520 g/mol. The molecule has 3 fully saturated rings. The monoisotopic (exact) mass is 562 g/mol. The molecule has 1 heterocycles. The van der Waals surface area contributed by atoms with E-state index < -0.39 is 30.1 Å². The summed E-state index contributed by atoms with van der Waals surface area (Å²) < 4.78 is 0. The van der Waals surface area contributed by atoms with Crippen LogP contribution in [0.3, 0.4) is 0 Å². The van der Waals surface area contributed by atoms with Crippen LogP contribution < -0.4 is 0 Å². The van der Waals surface area contributed by atoms with Gasteiger partial charge in [-0.2, -0.15) is 0 Å². The van der Waals surface area contributed by atoms with Crippen molar-refractivity contribution in [2.75, 3.05) is 26.2 Å². The minimum Gasteiger partial charge on any atom is -0.481 e. The number of carbonyl (C=O) groups is 3. The molecule has 5 N–H and O–H groups in total. The summed E-state index contributed by atoms with van der Waals surface area (Å²) in [6.45, 7) is 1.20. The lowest BCUT2D eigenvalue weighted by molar-refractivity contribution is -0.144. The van der Waals surface area contributed by atoms with Crippen LogP contribution in [-0.2, 0) is 14.4 Å². The third-order valence-electron chi connectivity index (χ3n) is 8.13. The summed E-state index contributed by atoms with van der Waals surface area (Å²) in [6.07, 6.45) is 6.67. The minimum absolute atomic E-state index is 0.0267. The average Bonchev–Trinajstić information content (AvgIpc) is 2.84. The highest BCUT2D eigenvalue weighted by atomic mass is 33.1. The highest BCUT2D eigenvalue weighted by Gasteiger charge is 2.41. The summed E-state index contributed by atoms with van der Waals surface area (Å²) in [5.41, 5.74) is 0. The van der Waals surface area contributed by atoms with Crippen LogP contribution in [0.5, 0.6) is 0 Å². The standard InChI is InChI=1S/C25H42N2O8S2/c28-22(29)14-26-10-4-2-1-3-5-11-27(15-23(30)31)19-9-7-17(25(34)35)13-21(19)37-36-20-12-16(24(32)33)6-8-18(20)26/h16-21,24,32-33H,1-15H2,(H,28,29)(H,30,31)(H,34,35). The lowest BCUT2D eigenvalue weighted by atomic mass is 9.84. The van der Waals surface area contributed by atoms with Gasteiger partial charge < -0.3 is 25.5 Å². The first-order chi connectivity index (χ1) is 17.7. The lowest BCUT2D eigenvalue weighted by Crippen LogP contribution is -2.50. The largest absolute Gasteiger partial charge is 0.481 e. The number of hydrogen-bond acceptors (Lipinski definition) is 9. The Morgan fingerprint density at radius 3 is 1.68 bits per heavy atom. The van der Waals surface area contributed by atoms with Crippen molar-refractivity contribution < 1.29 is 39.9 Å². The Morgan fingerprint density at radius 2 is 1.19 bits per heavy atom. The zero-order chi connectivity index (χ0) is 26.9. The maximum Gasteiger partial charge on any atom is 0.317 e. The zero-order valence-corrected chi connectivity index (χ0v) is 23.0. The maximum atomic E-state index is 11.8. The van der Waals surface area contributed by atoms with Gasteiger partial charge in [-0.15, -0.1) is 0 Å². The van der Waals surface area contributed by atoms with Gasteiger partial charge in [-0.05, 0) is 64.5 Å². The van der Waals surface area contributed by atoms with E-state index in [4.69, 9.17) is 0 Å². The molecule has 6 unspecified atom stereocenters. The van der Waals surface area contributed by atoms with E-state index in [9.17, 15) is 39.9 Å². The third kappa shape index (κ3) is 9.28. The fourth-order valence-electron chi connectivity index (χ4n) is 6.17. The van der Waals surface area contributed by atoms with Crippen molar-refractivity contribution >= 4 is 39.5 Å². The number of carboxylic acids is 3. The van der Waals surface area contributed by atoms with Crippen LogP contribution in [0.4, 0.5) is 0 Å². The van der Waals surface area contributed by atoms with Crippen LogP contribution in [0, 0.1) is 11.8 Å². The first-order valence-electron chi connectivity index (χ1n) is 13.5. The van der Waals surface area contributed by atoms with E-state index in [1.165, 1.54) is 0 Å². The molecule has 12 heteroatoms. The van der Waals surface area contributed by atoms with E-state index in [1.54, 1.807) is 21.6 Å². The van der Waals surface area contributed by atoms with Crippen LogP contribution in [0.1, 0.15) is 70.6 Å². The fourth-order valence-corrected chi connectivity index (χ4v) is 10.1. The summed E-state index contributed by atoms with van der Waals surface area (Å²) in [7, 11) is 3.19. The topological polar surface area (TPSA) is 159 Å². The van der Waals surface area contributed by atoms with Crippen molar-refractivity contribution in [3.05, 3.63) is 0 Å². The molecule has 0 amide bonds. The van der Waals surface area contributed by atoms with Gasteiger partial charge in [0.25, 0.3) is 0 Å². The first kappa shape index (κ1) is 30.5. The summed E-state index contributed by atoms with van der Waals surface area (Å²) in [4.78, 5) is 39.3. The Kier molecular flexibility index (Phi) is 12.3. The van der Waals surface area contributed by atoms with E-state index in [1.807, 2.05) is 9.80 Å². The van der Waals surface area contributed by atoms with E-state index in [2.05, 4.69) is 0 Å². The summed E-state index contributed by atoms with van der Waals surface area (Å²) in [5, 5.41) is 48.6. The highest BCUT2D eigenvalue weighted by Crippen LogP contribution is 2.47. The Hall–Kier alpha value is -1.05. The Labute approximate surface area is 226 Å². The van der Waals surface area contributed by atoms with Gasteiger partial charge in [0, 0.05) is 28.5 Å². The van der Waals surface area contributed by atoms with Gasteiger partial charge in [0.05, 0.1) is 19.0 Å². The van der Waals surface area contributed by atoms with Gasteiger partial charge in [-0.25, -0.2) is 0 Å². The maximum absolute atomic E-state index is 11.8. The number of hydrogen-bond donors (Lipinski definition) is 5. The molecule has 2 aliphatic carbocycles. The molecule has 10 nitrogen and oxygen atoms in total. The predicted molar refractivity (Wildman–Crippen MR) is 142 cm³/mol. The molecule has 212 valence electrons. The number of carboxylic acid groups (broad SMARTS) is 3. The van der Waals surface area contributed by atoms with Crippen molar-refractivity contribution in [2.24, 2.45) is 11.8 Å². The molecule has 6 atom stereocenters. The lowest BCUT2D eigenvalue weighted by Gasteiger charge is -2.44. The van der Waals surface area contributed by atoms with E-state index in [0.717, 1.165) is 32.1 Å².